The number of hydrogen-bond acceptors (Lipinski definition) is 4. The number of nitrogens with one attached hydrogen (secondary N) is 1. The number of carbonyl (C=O) groups is 1. The number of halogens is 1. The Balaban J connectivity index is 1.86. The van der Waals surface area contributed by atoms with Crippen molar-refractivity contribution in [3.63, 3.8) is 0 Å². The molecule has 0 saturated carbocycles. The van der Waals surface area contributed by atoms with Gasteiger partial charge in [-0.15, -0.1) is 0 Å². The summed E-state index contributed by atoms with van der Waals surface area (Å²) in [6.45, 7) is 1.85. The van der Waals surface area contributed by atoms with Crippen molar-refractivity contribution in [3.8, 4) is 5.75 Å². The van der Waals surface area contributed by atoms with Gasteiger partial charge in [-0.3, -0.25) is 4.79 Å². The maximum atomic E-state index is 11.8. The summed E-state index contributed by atoms with van der Waals surface area (Å²) >= 11 is 3.52. The number of anilines is 1. The Hall–Kier alpha value is -2.34. The molecule has 0 bridgehead atoms. The standard InChI is InChI=1S/C18H20BrN3O2/c1-13-6-4-5-7-17(13)24-12-18(23)21-20-11-14-8-9-16(22(2)3)15(19)10-14/h4-11H,12H2,1-3H3,(H,21,23)/b20-11-. The zero-order valence-electron chi connectivity index (χ0n) is 13.9. The van der Waals surface area contributed by atoms with Gasteiger partial charge in [0.25, 0.3) is 5.91 Å². The third-order valence-electron chi connectivity index (χ3n) is 3.31. The lowest BCUT2D eigenvalue weighted by Gasteiger charge is -2.14. The summed E-state index contributed by atoms with van der Waals surface area (Å²) in [6.07, 6.45) is 1.59. The zero-order valence-corrected chi connectivity index (χ0v) is 15.5. The molecule has 0 aliphatic rings. The van der Waals surface area contributed by atoms with Gasteiger partial charge in [-0.05, 0) is 52.2 Å². The van der Waals surface area contributed by atoms with Gasteiger partial charge in [-0.2, -0.15) is 5.10 Å². The van der Waals surface area contributed by atoms with Crippen LogP contribution in [0.3, 0.4) is 0 Å². The molecule has 2 aromatic carbocycles. The van der Waals surface area contributed by atoms with Crippen LogP contribution in [0, 0.1) is 6.92 Å². The second-order valence-electron chi connectivity index (χ2n) is 5.45. The minimum absolute atomic E-state index is 0.0779. The summed E-state index contributed by atoms with van der Waals surface area (Å²) in [4.78, 5) is 13.8. The van der Waals surface area contributed by atoms with Crippen LogP contribution in [-0.2, 0) is 4.79 Å². The molecule has 6 heteroatoms. The van der Waals surface area contributed by atoms with E-state index in [2.05, 4.69) is 26.5 Å². The van der Waals surface area contributed by atoms with E-state index in [4.69, 9.17) is 4.74 Å². The summed E-state index contributed by atoms with van der Waals surface area (Å²) in [5.74, 6) is 0.387. The molecule has 0 aromatic heterocycles. The fourth-order valence-electron chi connectivity index (χ4n) is 2.04. The van der Waals surface area contributed by atoms with Crippen molar-refractivity contribution in [2.75, 3.05) is 25.6 Å². The number of carbonyl (C=O) groups excluding carboxylic acids is 1. The van der Waals surface area contributed by atoms with Crippen LogP contribution < -0.4 is 15.1 Å². The first-order valence-corrected chi connectivity index (χ1v) is 8.24. The molecule has 0 spiro atoms. The Morgan fingerprint density at radius 2 is 2.04 bits per heavy atom. The molecule has 1 amide bonds. The monoisotopic (exact) mass is 389 g/mol. The zero-order chi connectivity index (χ0) is 17.5. The summed E-state index contributed by atoms with van der Waals surface area (Å²) in [7, 11) is 3.95. The molecule has 0 saturated heterocycles. The highest BCUT2D eigenvalue weighted by molar-refractivity contribution is 9.10. The van der Waals surface area contributed by atoms with E-state index in [9.17, 15) is 4.79 Å². The molecule has 126 valence electrons. The third kappa shape index (κ3) is 5.09. The summed E-state index contributed by atoms with van der Waals surface area (Å²) in [5.41, 5.74) is 5.40. The predicted octanol–water partition coefficient (Wildman–Crippen LogP) is 3.35. The Kier molecular flexibility index (Phi) is 6.37. The lowest BCUT2D eigenvalue weighted by Crippen LogP contribution is -2.24. The van der Waals surface area contributed by atoms with E-state index >= 15 is 0 Å². The maximum Gasteiger partial charge on any atom is 0.277 e. The fourth-order valence-corrected chi connectivity index (χ4v) is 2.79. The predicted molar refractivity (Wildman–Crippen MR) is 101 cm³/mol. The van der Waals surface area contributed by atoms with Gasteiger partial charge in [0, 0.05) is 18.6 Å². The number of para-hydroxylation sites is 1. The molecule has 0 radical (unpaired) electrons. The van der Waals surface area contributed by atoms with E-state index in [1.165, 1.54) is 0 Å². The quantitative estimate of drug-likeness (QED) is 0.608. The lowest BCUT2D eigenvalue weighted by atomic mass is 10.2. The first-order chi connectivity index (χ1) is 11.5. The minimum atomic E-state index is -0.307. The second-order valence-corrected chi connectivity index (χ2v) is 6.31. The Labute approximate surface area is 150 Å². The highest BCUT2D eigenvalue weighted by atomic mass is 79.9. The van der Waals surface area contributed by atoms with E-state index in [-0.39, 0.29) is 12.5 Å². The first-order valence-electron chi connectivity index (χ1n) is 7.44. The molecule has 0 aliphatic heterocycles. The van der Waals surface area contributed by atoms with Crippen LogP contribution in [0.4, 0.5) is 5.69 Å². The van der Waals surface area contributed by atoms with Crippen LogP contribution in [0.2, 0.25) is 0 Å². The van der Waals surface area contributed by atoms with Crippen LogP contribution >= 0.6 is 15.9 Å². The Morgan fingerprint density at radius 3 is 2.71 bits per heavy atom. The molecule has 2 aromatic rings. The SMILES string of the molecule is Cc1ccccc1OCC(=O)N/N=C\c1ccc(N(C)C)c(Br)c1. The summed E-state index contributed by atoms with van der Waals surface area (Å²) < 4.78 is 6.43. The van der Waals surface area contributed by atoms with Crippen molar-refractivity contribution in [1.29, 1.82) is 0 Å². The van der Waals surface area contributed by atoms with Crippen molar-refractivity contribution >= 4 is 33.7 Å². The minimum Gasteiger partial charge on any atom is -0.483 e. The van der Waals surface area contributed by atoms with Crippen LogP contribution in [0.5, 0.6) is 5.75 Å². The van der Waals surface area contributed by atoms with Crippen molar-refractivity contribution in [2.45, 2.75) is 6.92 Å². The van der Waals surface area contributed by atoms with Crippen LogP contribution in [0.1, 0.15) is 11.1 Å². The molecule has 1 N–H and O–H groups in total. The molecule has 0 unspecified atom stereocenters. The summed E-state index contributed by atoms with van der Waals surface area (Å²) in [5, 5.41) is 3.95. The number of amides is 1. The molecule has 0 atom stereocenters. The smallest absolute Gasteiger partial charge is 0.277 e. The molecule has 24 heavy (non-hydrogen) atoms. The average molecular weight is 390 g/mol. The van der Waals surface area contributed by atoms with Gasteiger partial charge in [-0.25, -0.2) is 5.43 Å². The van der Waals surface area contributed by atoms with E-state index in [1.807, 2.05) is 68.4 Å². The van der Waals surface area contributed by atoms with Crippen LogP contribution in [-0.4, -0.2) is 32.8 Å². The lowest BCUT2D eigenvalue weighted by molar-refractivity contribution is -0.123. The number of hydrazone groups is 1. The number of nitrogens with zero attached hydrogens (tertiary/aromatic N) is 2. The molecule has 0 aliphatic carbocycles. The Morgan fingerprint density at radius 1 is 1.29 bits per heavy atom. The number of benzene rings is 2. The third-order valence-corrected chi connectivity index (χ3v) is 3.94. The maximum absolute atomic E-state index is 11.8. The average Bonchev–Trinajstić information content (AvgIpc) is 2.54. The van der Waals surface area contributed by atoms with E-state index in [0.29, 0.717) is 5.75 Å². The number of rotatable bonds is 6. The number of aryl methyl sites for hydroxylation is 1. The second kappa shape index (κ2) is 8.49. The highest BCUT2D eigenvalue weighted by Gasteiger charge is 2.04. The van der Waals surface area contributed by atoms with Crippen molar-refractivity contribution < 1.29 is 9.53 Å². The van der Waals surface area contributed by atoms with E-state index in [0.717, 1.165) is 21.3 Å². The van der Waals surface area contributed by atoms with Gasteiger partial charge in [0.2, 0.25) is 0 Å². The van der Waals surface area contributed by atoms with Gasteiger partial charge in [0.05, 0.1) is 11.9 Å². The van der Waals surface area contributed by atoms with Crippen molar-refractivity contribution in [1.82, 2.24) is 5.43 Å². The molecule has 0 heterocycles. The van der Waals surface area contributed by atoms with Crippen LogP contribution in [0.25, 0.3) is 0 Å². The van der Waals surface area contributed by atoms with Gasteiger partial charge in [0.1, 0.15) is 5.75 Å². The molecular weight excluding hydrogens is 370 g/mol. The molecule has 2 rings (SSSR count). The van der Waals surface area contributed by atoms with E-state index < -0.39 is 0 Å². The fraction of sp³-hybridized carbons (Fsp3) is 0.222. The largest absolute Gasteiger partial charge is 0.483 e. The van der Waals surface area contributed by atoms with Gasteiger partial charge < -0.3 is 9.64 Å². The van der Waals surface area contributed by atoms with Gasteiger partial charge in [0.15, 0.2) is 6.61 Å². The number of ether oxygens (including phenoxy) is 1. The Bertz CT molecular complexity index is 745. The number of hydrogen-bond donors (Lipinski definition) is 1. The molecule has 0 fully saturated rings. The van der Waals surface area contributed by atoms with E-state index in [1.54, 1.807) is 6.21 Å². The first kappa shape index (κ1) is 18.0. The summed E-state index contributed by atoms with van der Waals surface area (Å²) in [6, 6.07) is 13.4. The van der Waals surface area contributed by atoms with Crippen molar-refractivity contribution in [3.05, 3.63) is 58.1 Å². The molecular formula is C18H20BrN3O2. The van der Waals surface area contributed by atoms with Crippen LogP contribution in [0.15, 0.2) is 52.0 Å². The topological polar surface area (TPSA) is 53.9 Å². The normalized spacial score (nSPS) is 10.7. The van der Waals surface area contributed by atoms with Gasteiger partial charge >= 0.3 is 0 Å². The highest BCUT2D eigenvalue weighted by Crippen LogP contribution is 2.25. The van der Waals surface area contributed by atoms with Gasteiger partial charge in [-0.1, -0.05) is 24.3 Å². The molecule has 5 nitrogen and oxygen atoms in total. The van der Waals surface area contributed by atoms with Crippen molar-refractivity contribution in [2.24, 2.45) is 5.10 Å².